The van der Waals surface area contributed by atoms with Crippen molar-refractivity contribution < 1.29 is 4.74 Å². The van der Waals surface area contributed by atoms with Gasteiger partial charge in [-0.3, -0.25) is 4.40 Å². The van der Waals surface area contributed by atoms with Gasteiger partial charge in [-0.05, 0) is 36.8 Å². The number of hydrogen-bond acceptors (Lipinski definition) is 4. The van der Waals surface area contributed by atoms with E-state index in [1.54, 1.807) is 12.3 Å². The Bertz CT molecular complexity index is 784. The molecule has 0 radical (unpaired) electrons. The first-order valence-corrected chi connectivity index (χ1v) is 7.10. The average Bonchev–Trinajstić information content (AvgIpc) is 2.89. The second-order valence-corrected chi connectivity index (χ2v) is 5.14. The minimum absolute atomic E-state index is 0.610. The van der Waals surface area contributed by atoms with Crippen LogP contribution in [0.25, 0.3) is 17.0 Å². The summed E-state index contributed by atoms with van der Waals surface area (Å²) >= 11 is 6.04. The number of nitrogens with zero attached hydrogens (tertiary/aromatic N) is 3. The van der Waals surface area contributed by atoms with Crippen molar-refractivity contribution in [1.29, 1.82) is 0 Å². The van der Waals surface area contributed by atoms with Gasteiger partial charge in [0.25, 0.3) is 0 Å². The maximum atomic E-state index is 6.04. The van der Waals surface area contributed by atoms with Gasteiger partial charge in [-0.15, -0.1) is 10.2 Å². The molecule has 3 aromatic rings. The molecule has 0 fully saturated rings. The summed E-state index contributed by atoms with van der Waals surface area (Å²) < 4.78 is 7.50. The maximum Gasteiger partial charge on any atom is 0.168 e. The number of nitrogens with two attached hydrogens (primary N) is 1. The van der Waals surface area contributed by atoms with Gasteiger partial charge in [-0.2, -0.15) is 0 Å². The molecule has 0 bridgehead atoms. The predicted molar refractivity (Wildman–Crippen MR) is 83.6 cm³/mol. The topological polar surface area (TPSA) is 65.4 Å². The van der Waals surface area contributed by atoms with Gasteiger partial charge in [0.2, 0.25) is 0 Å². The van der Waals surface area contributed by atoms with Crippen molar-refractivity contribution >= 4 is 22.9 Å². The number of benzene rings is 1. The molecule has 108 valence electrons. The van der Waals surface area contributed by atoms with Gasteiger partial charge >= 0.3 is 0 Å². The van der Waals surface area contributed by atoms with E-state index >= 15 is 0 Å². The number of pyridine rings is 1. The Balaban J connectivity index is 2.08. The molecule has 0 spiro atoms. The van der Waals surface area contributed by atoms with Crippen LogP contribution in [0.3, 0.4) is 0 Å². The summed E-state index contributed by atoms with van der Waals surface area (Å²) in [5.41, 5.74) is 8.16. The summed E-state index contributed by atoms with van der Waals surface area (Å²) in [6.07, 6.45) is 2.71. The van der Waals surface area contributed by atoms with Crippen LogP contribution in [0.2, 0.25) is 5.02 Å². The number of fused-ring (bicyclic) bond motifs is 1. The standard InChI is InChI=1S/C15H15ClN4O/c1-2-7-21-13-8-10(3-5-12(13)17)15-19-18-14-6-4-11(16)9-20(14)15/h3-6,8-9H,2,7,17H2,1H3. The van der Waals surface area contributed by atoms with Gasteiger partial charge in [-0.1, -0.05) is 18.5 Å². The second-order valence-electron chi connectivity index (χ2n) is 4.70. The van der Waals surface area contributed by atoms with Gasteiger partial charge in [0.05, 0.1) is 17.3 Å². The van der Waals surface area contributed by atoms with Crippen LogP contribution < -0.4 is 10.5 Å². The van der Waals surface area contributed by atoms with Crippen molar-refractivity contribution in [1.82, 2.24) is 14.6 Å². The highest BCUT2D eigenvalue weighted by Gasteiger charge is 2.11. The molecule has 0 aliphatic heterocycles. The fraction of sp³-hybridized carbons (Fsp3) is 0.200. The molecule has 0 aliphatic rings. The third-order valence-corrected chi connectivity index (χ3v) is 3.32. The van der Waals surface area contributed by atoms with Crippen LogP contribution in [0.15, 0.2) is 36.5 Å². The van der Waals surface area contributed by atoms with E-state index in [9.17, 15) is 0 Å². The smallest absolute Gasteiger partial charge is 0.168 e. The van der Waals surface area contributed by atoms with Crippen LogP contribution >= 0.6 is 11.6 Å². The number of hydrogen-bond donors (Lipinski definition) is 1. The molecule has 0 aliphatic carbocycles. The summed E-state index contributed by atoms with van der Waals surface area (Å²) in [6, 6.07) is 9.19. The largest absolute Gasteiger partial charge is 0.491 e. The molecule has 2 aromatic heterocycles. The molecule has 0 saturated heterocycles. The Labute approximate surface area is 127 Å². The van der Waals surface area contributed by atoms with Gasteiger partial charge in [0, 0.05) is 11.8 Å². The SMILES string of the molecule is CCCOc1cc(-c2nnc3ccc(Cl)cn23)ccc1N. The second kappa shape index (κ2) is 5.61. The first kappa shape index (κ1) is 13.7. The minimum atomic E-state index is 0.610. The van der Waals surface area contributed by atoms with Crippen LogP contribution in [0, 0.1) is 0 Å². The number of nitrogen functional groups attached to an aromatic ring is 1. The number of rotatable bonds is 4. The Kier molecular flexibility index (Phi) is 3.66. The fourth-order valence-electron chi connectivity index (χ4n) is 2.07. The molecule has 5 nitrogen and oxygen atoms in total. The number of anilines is 1. The normalized spacial score (nSPS) is 11.0. The van der Waals surface area contributed by atoms with Crippen LogP contribution in [0.1, 0.15) is 13.3 Å². The van der Waals surface area contributed by atoms with Crippen LogP contribution in [-0.2, 0) is 0 Å². The molecule has 0 saturated carbocycles. The zero-order chi connectivity index (χ0) is 14.8. The molecule has 3 rings (SSSR count). The fourth-order valence-corrected chi connectivity index (χ4v) is 2.23. The first-order valence-electron chi connectivity index (χ1n) is 6.72. The zero-order valence-corrected chi connectivity index (χ0v) is 12.3. The van der Waals surface area contributed by atoms with Crippen molar-refractivity contribution in [2.45, 2.75) is 13.3 Å². The third kappa shape index (κ3) is 2.64. The van der Waals surface area contributed by atoms with Crippen molar-refractivity contribution in [2.24, 2.45) is 0 Å². The Morgan fingerprint density at radius 2 is 2.10 bits per heavy atom. The third-order valence-electron chi connectivity index (χ3n) is 3.10. The highest BCUT2D eigenvalue weighted by atomic mass is 35.5. The summed E-state index contributed by atoms with van der Waals surface area (Å²) in [5.74, 6) is 1.36. The molecule has 21 heavy (non-hydrogen) atoms. The summed E-state index contributed by atoms with van der Waals surface area (Å²) in [6.45, 7) is 2.67. The summed E-state index contributed by atoms with van der Waals surface area (Å²) in [5, 5.41) is 8.97. The molecular weight excluding hydrogens is 288 g/mol. The summed E-state index contributed by atoms with van der Waals surface area (Å²) in [7, 11) is 0. The van der Waals surface area contributed by atoms with Crippen molar-refractivity contribution in [2.75, 3.05) is 12.3 Å². The predicted octanol–water partition coefficient (Wildman–Crippen LogP) is 3.42. The molecule has 6 heteroatoms. The molecule has 0 unspecified atom stereocenters. The number of aromatic nitrogens is 3. The Hall–Kier alpha value is -2.27. The van der Waals surface area contributed by atoms with E-state index in [4.69, 9.17) is 22.1 Å². The minimum Gasteiger partial charge on any atom is -0.491 e. The lowest BCUT2D eigenvalue weighted by Gasteiger charge is -2.09. The number of halogens is 1. The molecule has 0 amide bonds. The Morgan fingerprint density at radius 1 is 1.24 bits per heavy atom. The van der Waals surface area contributed by atoms with Crippen molar-refractivity contribution in [3.05, 3.63) is 41.6 Å². The lowest BCUT2D eigenvalue weighted by molar-refractivity contribution is 0.319. The molecule has 2 heterocycles. The van der Waals surface area contributed by atoms with E-state index in [0.29, 0.717) is 28.9 Å². The lowest BCUT2D eigenvalue weighted by atomic mass is 10.2. The van der Waals surface area contributed by atoms with Gasteiger partial charge < -0.3 is 10.5 Å². The van der Waals surface area contributed by atoms with E-state index in [0.717, 1.165) is 17.6 Å². The van der Waals surface area contributed by atoms with Crippen LogP contribution in [0.5, 0.6) is 5.75 Å². The van der Waals surface area contributed by atoms with Crippen molar-refractivity contribution in [3.63, 3.8) is 0 Å². The Morgan fingerprint density at radius 3 is 2.90 bits per heavy atom. The lowest BCUT2D eigenvalue weighted by Crippen LogP contribution is -1.99. The van der Waals surface area contributed by atoms with Crippen LogP contribution in [-0.4, -0.2) is 21.2 Å². The molecule has 2 N–H and O–H groups in total. The van der Waals surface area contributed by atoms with Gasteiger partial charge in [-0.25, -0.2) is 0 Å². The summed E-state index contributed by atoms with van der Waals surface area (Å²) in [4.78, 5) is 0. The highest BCUT2D eigenvalue weighted by Crippen LogP contribution is 2.29. The van der Waals surface area contributed by atoms with E-state index in [2.05, 4.69) is 10.2 Å². The quantitative estimate of drug-likeness (QED) is 0.750. The first-order chi connectivity index (χ1) is 10.2. The maximum absolute atomic E-state index is 6.04. The van der Waals surface area contributed by atoms with Gasteiger partial charge in [0.15, 0.2) is 11.5 Å². The van der Waals surface area contributed by atoms with Crippen LogP contribution in [0.4, 0.5) is 5.69 Å². The highest BCUT2D eigenvalue weighted by molar-refractivity contribution is 6.30. The van der Waals surface area contributed by atoms with E-state index in [1.165, 1.54) is 0 Å². The van der Waals surface area contributed by atoms with Gasteiger partial charge in [0.1, 0.15) is 5.75 Å². The van der Waals surface area contributed by atoms with Crippen molar-refractivity contribution in [3.8, 4) is 17.1 Å². The van der Waals surface area contributed by atoms with E-state index in [1.807, 2.05) is 35.6 Å². The molecule has 0 atom stereocenters. The van der Waals surface area contributed by atoms with E-state index < -0.39 is 0 Å². The molecular formula is C15H15ClN4O. The zero-order valence-electron chi connectivity index (χ0n) is 11.6. The average molecular weight is 303 g/mol. The van der Waals surface area contributed by atoms with E-state index in [-0.39, 0.29) is 0 Å². The number of ether oxygens (including phenoxy) is 1. The molecule has 1 aromatic carbocycles. The monoisotopic (exact) mass is 302 g/mol.